The summed E-state index contributed by atoms with van der Waals surface area (Å²) in [5, 5.41) is 0.792. The van der Waals surface area contributed by atoms with Gasteiger partial charge in [0.15, 0.2) is 0 Å². The van der Waals surface area contributed by atoms with Crippen molar-refractivity contribution in [1.29, 1.82) is 0 Å². The van der Waals surface area contributed by atoms with Crippen LogP contribution in [0.25, 0.3) is 0 Å². The number of nitrogens with zero attached hydrogens (tertiary/aromatic N) is 1. The normalized spacial score (nSPS) is 10.7. The maximum Gasteiger partial charge on any atom is 0.236 e. The fourth-order valence-corrected chi connectivity index (χ4v) is 2.03. The summed E-state index contributed by atoms with van der Waals surface area (Å²) in [7, 11) is 0. The highest BCUT2D eigenvalue weighted by atomic mass is 35.5. The summed E-state index contributed by atoms with van der Waals surface area (Å²) in [6, 6.07) is 3.23. The molecule has 0 atom stereocenters. The molecule has 0 saturated carbocycles. The molecule has 0 saturated heterocycles. The van der Waals surface area contributed by atoms with Gasteiger partial charge in [0, 0.05) is 6.54 Å². The average molecular weight is 290 g/mol. The molecule has 0 aliphatic carbocycles. The Morgan fingerprint density at radius 2 is 1.89 bits per heavy atom. The fraction of sp³-hybridized carbons (Fsp3) is 0.417. The number of nitrogen functional groups attached to an aromatic ring is 1. The van der Waals surface area contributed by atoms with E-state index in [0.29, 0.717) is 33.9 Å². The Hall–Kier alpha value is -1.13. The van der Waals surface area contributed by atoms with Crippen molar-refractivity contribution < 1.29 is 4.79 Å². The van der Waals surface area contributed by atoms with Gasteiger partial charge in [-0.3, -0.25) is 4.79 Å². The average Bonchev–Trinajstić information content (AvgIpc) is 2.21. The van der Waals surface area contributed by atoms with Gasteiger partial charge < -0.3 is 16.4 Å². The maximum atomic E-state index is 11.1. The largest absolute Gasteiger partial charge is 0.397 e. The van der Waals surface area contributed by atoms with Crippen molar-refractivity contribution in [3.8, 4) is 0 Å². The number of carbonyl (C=O) groups excluding carboxylic acids is 1. The second-order valence-electron chi connectivity index (χ2n) is 4.57. The minimum absolute atomic E-state index is 0.0976. The van der Waals surface area contributed by atoms with Gasteiger partial charge in [-0.25, -0.2) is 0 Å². The molecule has 0 radical (unpaired) electrons. The number of carbonyl (C=O) groups is 1. The van der Waals surface area contributed by atoms with Crippen LogP contribution in [-0.4, -0.2) is 19.0 Å². The molecule has 6 heteroatoms. The van der Waals surface area contributed by atoms with Gasteiger partial charge in [-0.05, 0) is 18.1 Å². The number of rotatable bonds is 5. The van der Waals surface area contributed by atoms with Crippen LogP contribution in [0.4, 0.5) is 11.4 Å². The van der Waals surface area contributed by atoms with E-state index in [1.54, 1.807) is 12.1 Å². The van der Waals surface area contributed by atoms with E-state index in [1.807, 2.05) is 18.7 Å². The third kappa shape index (κ3) is 3.96. The summed E-state index contributed by atoms with van der Waals surface area (Å²) >= 11 is 11.9. The SMILES string of the molecule is CC(C)CN(CC(N)=O)c1cc(Cl)c(Cl)cc1N. The van der Waals surface area contributed by atoms with Crippen molar-refractivity contribution in [2.24, 2.45) is 11.7 Å². The highest BCUT2D eigenvalue weighted by Crippen LogP contribution is 2.33. The Balaban J connectivity index is 3.11. The summed E-state index contributed by atoms with van der Waals surface area (Å²) in [6.07, 6.45) is 0. The van der Waals surface area contributed by atoms with Crippen LogP contribution in [0.3, 0.4) is 0 Å². The molecule has 4 N–H and O–H groups in total. The first-order chi connectivity index (χ1) is 8.31. The third-order valence-corrected chi connectivity index (χ3v) is 3.06. The lowest BCUT2D eigenvalue weighted by atomic mass is 10.1. The molecule has 1 amide bonds. The Kier molecular flexibility index (Phi) is 5.11. The Morgan fingerprint density at radius 3 is 2.39 bits per heavy atom. The van der Waals surface area contributed by atoms with Crippen molar-refractivity contribution >= 4 is 40.5 Å². The number of nitrogens with two attached hydrogens (primary N) is 2. The predicted molar refractivity (Wildman–Crippen MR) is 77.1 cm³/mol. The zero-order valence-corrected chi connectivity index (χ0v) is 11.9. The van der Waals surface area contributed by atoms with E-state index in [1.165, 1.54) is 0 Å². The number of hydrogen-bond acceptors (Lipinski definition) is 3. The van der Waals surface area contributed by atoms with E-state index < -0.39 is 5.91 Å². The van der Waals surface area contributed by atoms with Crippen molar-refractivity contribution in [2.75, 3.05) is 23.7 Å². The molecular formula is C12H17Cl2N3O. The van der Waals surface area contributed by atoms with Crippen LogP contribution in [0.1, 0.15) is 13.8 Å². The van der Waals surface area contributed by atoms with E-state index in [9.17, 15) is 4.79 Å². The van der Waals surface area contributed by atoms with Crippen LogP contribution in [0.2, 0.25) is 10.0 Å². The Bertz CT molecular complexity index is 449. The number of halogens is 2. The maximum absolute atomic E-state index is 11.1. The van der Waals surface area contributed by atoms with Crippen molar-refractivity contribution in [3.05, 3.63) is 22.2 Å². The number of primary amides is 1. The Morgan fingerprint density at radius 1 is 1.33 bits per heavy atom. The lowest BCUT2D eigenvalue weighted by molar-refractivity contribution is -0.116. The molecule has 0 fully saturated rings. The highest BCUT2D eigenvalue weighted by Gasteiger charge is 2.15. The van der Waals surface area contributed by atoms with Gasteiger partial charge in [0.05, 0.1) is 28.0 Å². The van der Waals surface area contributed by atoms with Gasteiger partial charge in [-0.2, -0.15) is 0 Å². The predicted octanol–water partition coefficient (Wildman–Crippen LogP) is 2.52. The molecule has 1 aromatic carbocycles. The summed E-state index contributed by atoms with van der Waals surface area (Å²) in [5.41, 5.74) is 12.3. The molecule has 0 unspecified atom stereocenters. The van der Waals surface area contributed by atoms with Crippen LogP contribution >= 0.6 is 23.2 Å². The van der Waals surface area contributed by atoms with Gasteiger partial charge in [-0.1, -0.05) is 37.0 Å². The zero-order valence-electron chi connectivity index (χ0n) is 10.4. The lowest BCUT2D eigenvalue weighted by Gasteiger charge is -2.27. The Labute approximate surface area is 117 Å². The molecule has 1 rings (SSSR count). The van der Waals surface area contributed by atoms with E-state index >= 15 is 0 Å². The second-order valence-corrected chi connectivity index (χ2v) is 5.38. The smallest absolute Gasteiger partial charge is 0.236 e. The molecule has 4 nitrogen and oxygen atoms in total. The van der Waals surface area contributed by atoms with Crippen LogP contribution in [-0.2, 0) is 4.79 Å². The minimum atomic E-state index is -0.416. The fourth-order valence-electron chi connectivity index (χ4n) is 1.70. The summed E-state index contributed by atoms with van der Waals surface area (Å²) in [5.74, 6) is -0.0562. The molecular weight excluding hydrogens is 273 g/mol. The summed E-state index contributed by atoms with van der Waals surface area (Å²) in [4.78, 5) is 12.9. The van der Waals surface area contributed by atoms with E-state index in [-0.39, 0.29) is 6.54 Å². The lowest BCUT2D eigenvalue weighted by Crippen LogP contribution is -2.36. The molecule has 0 heterocycles. The van der Waals surface area contributed by atoms with Crippen LogP contribution in [0.5, 0.6) is 0 Å². The first-order valence-electron chi connectivity index (χ1n) is 5.59. The highest BCUT2D eigenvalue weighted by molar-refractivity contribution is 6.42. The first-order valence-corrected chi connectivity index (χ1v) is 6.34. The van der Waals surface area contributed by atoms with E-state index in [4.69, 9.17) is 34.7 Å². The van der Waals surface area contributed by atoms with Gasteiger partial charge in [-0.15, -0.1) is 0 Å². The monoisotopic (exact) mass is 289 g/mol. The zero-order chi connectivity index (χ0) is 13.9. The quantitative estimate of drug-likeness (QED) is 0.818. The number of amides is 1. The topological polar surface area (TPSA) is 72.3 Å². The standard InChI is InChI=1S/C12H17Cl2N3O/c1-7(2)5-17(6-12(16)18)11-4-9(14)8(13)3-10(11)15/h3-4,7H,5-6,15H2,1-2H3,(H2,16,18). The van der Waals surface area contributed by atoms with Crippen LogP contribution in [0.15, 0.2) is 12.1 Å². The molecule has 0 aromatic heterocycles. The molecule has 1 aromatic rings. The van der Waals surface area contributed by atoms with E-state index in [0.717, 1.165) is 0 Å². The molecule has 0 aliphatic rings. The van der Waals surface area contributed by atoms with Crippen LogP contribution in [0, 0.1) is 5.92 Å². The molecule has 100 valence electrons. The van der Waals surface area contributed by atoms with Crippen molar-refractivity contribution in [3.63, 3.8) is 0 Å². The molecule has 18 heavy (non-hydrogen) atoms. The molecule has 0 aliphatic heterocycles. The summed E-state index contributed by atoms with van der Waals surface area (Å²) < 4.78 is 0. The minimum Gasteiger partial charge on any atom is -0.397 e. The van der Waals surface area contributed by atoms with Crippen molar-refractivity contribution in [1.82, 2.24) is 0 Å². The van der Waals surface area contributed by atoms with Crippen molar-refractivity contribution in [2.45, 2.75) is 13.8 Å². The first kappa shape index (κ1) is 14.9. The molecule has 0 bridgehead atoms. The van der Waals surface area contributed by atoms with Gasteiger partial charge in [0.1, 0.15) is 0 Å². The third-order valence-electron chi connectivity index (χ3n) is 2.34. The number of hydrogen-bond donors (Lipinski definition) is 2. The van der Waals surface area contributed by atoms with E-state index in [2.05, 4.69) is 0 Å². The van der Waals surface area contributed by atoms with Gasteiger partial charge in [0.2, 0.25) is 5.91 Å². The number of anilines is 2. The van der Waals surface area contributed by atoms with Crippen LogP contribution < -0.4 is 16.4 Å². The number of benzene rings is 1. The molecule has 0 spiro atoms. The van der Waals surface area contributed by atoms with Gasteiger partial charge in [0.25, 0.3) is 0 Å². The van der Waals surface area contributed by atoms with Gasteiger partial charge >= 0.3 is 0 Å². The second kappa shape index (κ2) is 6.16. The summed E-state index contributed by atoms with van der Waals surface area (Å²) in [6.45, 7) is 4.84.